The van der Waals surface area contributed by atoms with Crippen LogP contribution in [-0.2, 0) is 17.9 Å². The third kappa shape index (κ3) is 4.08. The van der Waals surface area contributed by atoms with E-state index in [4.69, 9.17) is 0 Å². The zero-order chi connectivity index (χ0) is 22.3. The molecule has 0 N–H and O–H groups in total. The molecular formula is C22H21F4N3O2. The number of carbonyl (C=O) groups excluding carboxylic acids is 1. The molecule has 1 atom stereocenters. The van der Waals surface area contributed by atoms with Gasteiger partial charge in [0.05, 0.1) is 24.0 Å². The number of aromatic nitrogens is 2. The number of aryl methyl sites for hydroxylation is 1. The largest absolute Gasteiger partial charge is 0.341 e. The minimum atomic E-state index is -2.63. The lowest BCUT2D eigenvalue weighted by Gasteiger charge is -2.16. The van der Waals surface area contributed by atoms with Crippen LogP contribution in [0.2, 0.25) is 0 Å². The van der Waals surface area contributed by atoms with E-state index in [9.17, 15) is 27.2 Å². The van der Waals surface area contributed by atoms with E-state index in [0.29, 0.717) is 28.8 Å². The van der Waals surface area contributed by atoms with Crippen LogP contribution in [0.5, 0.6) is 0 Å². The van der Waals surface area contributed by atoms with Gasteiger partial charge in [0.1, 0.15) is 18.5 Å². The standard InChI is InChI=1S/C22H21F4N3O2/c1-13-8-14(2-3-17(13)24)16-10-29(11-19(25)26)18-5-7-28(22(31)21(16)18)12-20(30)27-6-4-15(23)9-27/h2-3,5,7-8,10,15,19H,4,6,9,11-12H2,1H3. The highest BCUT2D eigenvalue weighted by molar-refractivity contribution is 5.95. The van der Waals surface area contributed by atoms with Crippen LogP contribution in [0, 0.1) is 12.7 Å². The number of hydrogen-bond acceptors (Lipinski definition) is 2. The SMILES string of the molecule is Cc1cc(-c2cn(CC(F)F)c3ccn(CC(=O)N4CCC(F)C4)c(=O)c23)ccc1F. The van der Waals surface area contributed by atoms with Gasteiger partial charge in [0.15, 0.2) is 0 Å². The zero-order valence-electron chi connectivity index (χ0n) is 16.8. The van der Waals surface area contributed by atoms with E-state index in [1.54, 1.807) is 13.0 Å². The van der Waals surface area contributed by atoms with Gasteiger partial charge < -0.3 is 14.0 Å². The maximum Gasteiger partial charge on any atom is 0.261 e. The van der Waals surface area contributed by atoms with Gasteiger partial charge in [-0.05, 0) is 42.7 Å². The molecule has 0 bridgehead atoms. The monoisotopic (exact) mass is 435 g/mol. The van der Waals surface area contributed by atoms with Gasteiger partial charge in [-0.2, -0.15) is 0 Å². The van der Waals surface area contributed by atoms with E-state index in [2.05, 4.69) is 0 Å². The van der Waals surface area contributed by atoms with Crippen molar-refractivity contribution >= 4 is 16.8 Å². The molecule has 3 aromatic rings. The molecule has 2 aromatic heterocycles. The van der Waals surface area contributed by atoms with Crippen molar-refractivity contribution in [2.24, 2.45) is 0 Å². The summed E-state index contributed by atoms with van der Waals surface area (Å²) in [4.78, 5) is 27.1. The number of amides is 1. The Bertz CT molecular complexity index is 1200. The first-order valence-electron chi connectivity index (χ1n) is 9.93. The van der Waals surface area contributed by atoms with Crippen molar-refractivity contribution in [1.82, 2.24) is 14.0 Å². The number of carbonyl (C=O) groups is 1. The number of fused-ring (bicyclic) bond motifs is 1. The Balaban J connectivity index is 1.80. The first-order chi connectivity index (χ1) is 14.7. The van der Waals surface area contributed by atoms with Crippen molar-refractivity contribution < 1.29 is 22.4 Å². The summed E-state index contributed by atoms with van der Waals surface area (Å²) >= 11 is 0. The summed E-state index contributed by atoms with van der Waals surface area (Å²) in [5.74, 6) is -0.798. The summed E-state index contributed by atoms with van der Waals surface area (Å²) in [6, 6.07) is 5.79. The normalized spacial score (nSPS) is 16.6. The van der Waals surface area contributed by atoms with Gasteiger partial charge in [-0.3, -0.25) is 9.59 Å². The van der Waals surface area contributed by atoms with Gasteiger partial charge in [0.2, 0.25) is 5.91 Å². The summed E-state index contributed by atoms with van der Waals surface area (Å²) < 4.78 is 55.8. The van der Waals surface area contributed by atoms with Crippen molar-refractivity contribution in [3.05, 3.63) is 58.4 Å². The lowest BCUT2D eigenvalue weighted by atomic mass is 10.0. The lowest BCUT2D eigenvalue weighted by molar-refractivity contribution is -0.131. The molecule has 0 aliphatic carbocycles. The fourth-order valence-electron chi connectivity index (χ4n) is 3.99. The Morgan fingerprint density at radius 1 is 1.23 bits per heavy atom. The summed E-state index contributed by atoms with van der Waals surface area (Å²) in [7, 11) is 0. The molecule has 3 heterocycles. The fourth-order valence-corrected chi connectivity index (χ4v) is 3.99. The van der Waals surface area contributed by atoms with Gasteiger partial charge in [-0.1, -0.05) is 6.07 Å². The number of halogens is 4. The second-order valence-corrected chi connectivity index (χ2v) is 7.78. The number of hydrogen-bond donors (Lipinski definition) is 0. The Kier molecular flexibility index (Phi) is 5.60. The van der Waals surface area contributed by atoms with Crippen molar-refractivity contribution in [3.8, 4) is 11.1 Å². The van der Waals surface area contributed by atoms with Crippen LogP contribution in [0.4, 0.5) is 17.6 Å². The van der Waals surface area contributed by atoms with Crippen molar-refractivity contribution in [2.75, 3.05) is 13.1 Å². The van der Waals surface area contributed by atoms with E-state index in [1.165, 1.54) is 44.6 Å². The molecule has 9 heteroatoms. The maximum atomic E-state index is 13.7. The molecule has 1 unspecified atom stereocenters. The summed E-state index contributed by atoms with van der Waals surface area (Å²) in [5.41, 5.74) is 1.03. The highest BCUT2D eigenvalue weighted by Crippen LogP contribution is 2.30. The minimum Gasteiger partial charge on any atom is -0.341 e. The molecule has 1 fully saturated rings. The molecule has 1 saturated heterocycles. The van der Waals surface area contributed by atoms with Crippen molar-refractivity contribution in [2.45, 2.75) is 39.0 Å². The fraction of sp³-hybridized carbons (Fsp3) is 0.364. The van der Waals surface area contributed by atoms with E-state index >= 15 is 0 Å². The Morgan fingerprint density at radius 2 is 2.00 bits per heavy atom. The van der Waals surface area contributed by atoms with Crippen LogP contribution >= 0.6 is 0 Å². The minimum absolute atomic E-state index is 0.000694. The molecule has 4 rings (SSSR count). The molecule has 1 aromatic carbocycles. The summed E-state index contributed by atoms with van der Waals surface area (Å²) in [6.45, 7) is 0.985. The van der Waals surface area contributed by atoms with E-state index in [0.717, 1.165) is 0 Å². The van der Waals surface area contributed by atoms with Crippen LogP contribution in [0.1, 0.15) is 12.0 Å². The topological polar surface area (TPSA) is 47.2 Å². The molecule has 31 heavy (non-hydrogen) atoms. The zero-order valence-corrected chi connectivity index (χ0v) is 16.8. The van der Waals surface area contributed by atoms with Crippen LogP contribution in [0.3, 0.4) is 0 Å². The van der Waals surface area contributed by atoms with Crippen LogP contribution < -0.4 is 5.56 Å². The molecule has 1 aliphatic heterocycles. The van der Waals surface area contributed by atoms with Crippen LogP contribution in [-0.4, -0.2) is 45.6 Å². The van der Waals surface area contributed by atoms with Crippen LogP contribution in [0.25, 0.3) is 22.0 Å². The number of likely N-dealkylation sites (tertiary alicyclic amines) is 1. The molecule has 0 saturated carbocycles. The molecule has 1 amide bonds. The number of benzene rings is 1. The van der Waals surface area contributed by atoms with E-state index < -0.39 is 30.5 Å². The van der Waals surface area contributed by atoms with E-state index in [-0.39, 0.29) is 30.8 Å². The average Bonchev–Trinajstić information content (AvgIpc) is 3.30. The van der Waals surface area contributed by atoms with Crippen LogP contribution in [0.15, 0.2) is 41.5 Å². The molecule has 0 radical (unpaired) electrons. The molecular weight excluding hydrogens is 414 g/mol. The highest BCUT2D eigenvalue weighted by atomic mass is 19.3. The lowest BCUT2D eigenvalue weighted by Crippen LogP contribution is -2.35. The van der Waals surface area contributed by atoms with Gasteiger partial charge in [-0.15, -0.1) is 0 Å². The number of nitrogens with zero attached hydrogens (tertiary/aromatic N) is 3. The Morgan fingerprint density at radius 3 is 2.65 bits per heavy atom. The van der Waals surface area contributed by atoms with Gasteiger partial charge in [0, 0.05) is 24.5 Å². The van der Waals surface area contributed by atoms with Crippen molar-refractivity contribution in [1.29, 1.82) is 0 Å². The first-order valence-corrected chi connectivity index (χ1v) is 9.93. The molecule has 1 aliphatic rings. The van der Waals surface area contributed by atoms with Gasteiger partial charge in [0.25, 0.3) is 12.0 Å². The quantitative estimate of drug-likeness (QED) is 0.573. The predicted octanol–water partition coefficient (Wildman–Crippen LogP) is 3.75. The molecule has 0 spiro atoms. The first kappa shape index (κ1) is 21.1. The van der Waals surface area contributed by atoms with Gasteiger partial charge >= 0.3 is 0 Å². The molecule has 164 valence electrons. The van der Waals surface area contributed by atoms with Gasteiger partial charge in [-0.25, -0.2) is 17.6 Å². The smallest absolute Gasteiger partial charge is 0.261 e. The van der Waals surface area contributed by atoms with E-state index in [1.807, 2.05) is 0 Å². The van der Waals surface area contributed by atoms with Crippen molar-refractivity contribution in [3.63, 3.8) is 0 Å². The maximum absolute atomic E-state index is 13.7. The third-order valence-electron chi connectivity index (χ3n) is 5.60. The Hall–Kier alpha value is -3.10. The number of rotatable bonds is 5. The Labute approximate surface area is 175 Å². The second-order valence-electron chi connectivity index (χ2n) is 7.78. The molecule has 5 nitrogen and oxygen atoms in total. The number of pyridine rings is 1. The highest BCUT2D eigenvalue weighted by Gasteiger charge is 2.26. The third-order valence-corrected chi connectivity index (χ3v) is 5.60. The number of alkyl halides is 3. The predicted molar refractivity (Wildman–Crippen MR) is 108 cm³/mol. The average molecular weight is 435 g/mol. The summed E-state index contributed by atoms with van der Waals surface area (Å²) in [6.07, 6.45) is -0.603. The summed E-state index contributed by atoms with van der Waals surface area (Å²) in [5, 5.41) is 0.173. The second kappa shape index (κ2) is 8.20.